The first kappa shape index (κ1) is 33.9. The molecule has 0 saturated heterocycles. The summed E-state index contributed by atoms with van der Waals surface area (Å²) in [6.07, 6.45) is 0. The van der Waals surface area contributed by atoms with Gasteiger partial charge >= 0.3 is 0 Å². The molecule has 0 atom stereocenters. The summed E-state index contributed by atoms with van der Waals surface area (Å²) in [5.41, 5.74) is 12.2. The summed E-state index contributed by atoms with van der Waals surface area (Å²) in [5.74, 6) is 0. The maximum atomic E-state index is 9.71. The molecule has 0 aliphatic heterocycles. The molecule has 9 aromatic rings. The molecule has 4 nitrogen and oxygen atoms in total. The zero-order valence-electron chi connectivity index (χ0n) is 31.6. The minimum Gasteiger partial charge on any atom is -0.310 e. The highest BCUT2D eigenvalue weighted by Gasteiger charge is 2.38. The molecule has 0 bridgehead atoms. The lowest BCUT2D eigenvalue weighted by atomic mass is 9.81. The van der Waals surface area contributed by atoms with E-state index in [-0.39, 0.29) is 5.41 Å². The van der Waals surface area contributed by atoms with Crippen molar-refractivity contribution < 1.29 is 0 Å². The van der Waals surface area contributed by atoms with Crippen LogP contribution < -0.4 is 9.80 Å². The molecule has 0 fully saturated rings. The van der Waals surface area contributed by atoms with Crippen LogP contribution in [0.1, 0.15) is 36.1 Å². The fourth-order valence-corrected chi connectivity index (χ4v) is 8.89. The Morgan fingerprint density at radius 3 is 1.46 bits per heavy atom. The summed E-state index contributed by atoms with van der Waals surface area (Å²) >= 11 is 0. The van der Waals surface area contributed by atoms with Gasteiger partial charge in [0.2, 0.25) is 0 Å². The number of fused-ring (bicyclic) bond motifs is 7. The van der Waals surface area contributed by atoms with Crippen molar-refractivity contribution in [2.24, 2.45) is 0 Å². The maximum absolute atomic E-state index is 9.71. The van der Waals surface area contributed by atoms with Gasteiger partial charge < -0.3 is 9.80 Å². The van der Waals surface area contributed by atoms with E-state index in [4.69, 9.17) is 0 Å². The predicted octanol–water partition coefficient (Wildman–Crippen LogP) is 14.1. The van der Waals surface area contributed by atoms with Gasteiger partial charge in [-0.15, -0.1) is 0 Å². The van der Waals surface area contributed by atoms with E-state index in [1.165, 1.54) is 33.0 Å². The zero-order valence-corrected chi connectivity index (χ0v) is 31.6. The smallest absolute Gasteiger partial charge is 0.0991 e. The number of anilines is 6. The van der Waals surface area contributed by atoms with Gasteiger partial charge in [0.15, 0.2) is 0 Å². The molecule has 0 N–H and O–H groups in total. The Bertz CT molecular complexity index is 3120. The van der Waals surface area contributed by atoms with E-state index in [2.05, 4.69) is 181 Å². The fourth-order valence-electron chi connectivity index (χ4n) is 8.89. The van der Waals surface area contributed by atoms with Crippen LogP contribution in [0.4, 0.5) is 34.1 Å². The molecular weight excluding hydrogens is 693 g/mol. The summed E-state index contributed by atoms with van der Waals surface area (Å²) in [4.78, 5) is 4.68. The lowest BCUT2D eigenvalue weighted by molar-refractivity contribution is 0.661. The Morgan fingerprint density at radius 1 is 0.404 bits per heavy atom. The second kappa shape index (κ2) is 13.3. The molecule has 0 spiro atoms. The third kappa shape index (κ3) is 5.42. The van der Waals surface area contributed by atoms with Gasteiger partial charge in [-0.2, -0.15) is 10.5 Å². The summed E-state index contributed by atoms with van der Waals surface area (Å²) in [5, 5.41) is 26.3. The van der Waals surface area contributed by atoms with Crippen LogP contribution in [0.2, 0.25) is 0 Å². The molecule has 1 aliphatic rings. The molecule has 1 aliphatic carbocycles. The van der Waals surface area contributed by atoms with Crippen LogP contribution in [-0.2, 0) is 5.41 Å². The maximum Gasteiger partial charge on any atom is 0.0991 e. The normalized spacial score (nSPS) is 12.5. The van der Waals surface area contributed by atoms with Crippen molar-refractivity contribution in [1.29, 1.82) is 10.5 Å². The van der Waals surface area contributed by atoms with E-state index in [0.29, 0.717) is 11.1 Å². The first-order valence-electron chi connectivity index (χ1n) is 19.2. The van der Waals surface area contributed by atoms with Crippen LogP contribution in [0, 0.1) is 22.7 Å². The van der Waals surface area contributed by atoms with Crippen molar-refractivity contribution in [3.8, 4) is 23.3 Å². The average Bonchev–Trinajstić information content (AvgIpc) is 3.49. The van der Waals surface area contributed by atoms with Crippen molar-refractivity contribution in [3.05, 3.63) is 204 Å². The van der Waals surface area contributed by atoms with Gasteiger partial charge in [0.05, 0.1) is 40.3 Å². The van der Waals surface area contributed by atoms with E-state index in [9.17, 15) is 10.5 Å². The Morgan fingerprint density at radius 2 is 0.877 bits per heavy atom. The van der Waals surface area contributed by atoms with Gasteiger partial charge in [0.25, 0.3) is 0 Å². The summed E-state index contributed by atoms with van der Waals surface area (Å²) in [7, 11) is 0. The molecule has 4 heteroatoms. The van der Waals surface area contributed by atoms with Gasteiger partial charge in [-0.25, -0.2) is 0 Å². The lowest BCUT2D eigenvalue weighted by Crippen LogP contribution is -2.18. The van der Waals surface area contributed by atoms with Crippen LogP contribution in [-0.4, -0.2) is 0 Å². The number of hydrogen-bond acceptors (Lipinski definition) is 4. The van der Waals surface area contributed by atoms with Crippen molar-refractivity contribution in [3.63, 3.8) is 0 Å². The number of benzene rings is 9. The highest BCUT2D eigenvalue weighted by atomic mass is 15.2. The Labute approximate surface area is 332 Å². The Hall–Kier alpha value is -7.66. The van der Waals surface area contributed by atoms with E-state index in [1.807, 2.05) is 36.4 Å². The van der Waals surface area contributed by atoms with Gasteiger partial charge in [-0.05, 0) is 117 Å². The number of nitrogens with zero attached hydrogens (tertiary/aromatic N) is 4. The molecule has 0 heterocycles. The van der Waals surface area contributed by atoms with Crippen molar-refractivity contribution in [2.75, 3.05) is 9.80 Å². The number of rotatable bonds is 6. The molecule has 57 heavy (non-hydrogen) atoms. The molecule has 268 valence electrons. The van der Waals surface area contributed by atoms with Gasteiger partial charge in [-0.3, -0.25) is 0 Å². The molecule has 0 radical (unpaired) electrons. The Balaban J connectivity index is 1.20. The summed E-state index contributed by atoms with van der Waals surface area (Å²) in [6, 6.07) is 68.4. The highest BCUT2D eigenvalue weighted by Crippen LogP contribution is 2.56. The Kier molecular flexibility index (Phi) is 7.89. The predicted molar refractivity (Wildman–Crippen MR) is 235 cm³/mol. The fraction of sp³-hybridized carbons (Fsp3) is 0.0566. The minimum atomic E-state index is -0.357. The number of nitriles is 2. The highest BCUT2D eigenvalue weighted by molar-refractivity contribution is 6.12. The van der Waals surface area contributed by atoms with Crippen LogP contribution >= 0.6 is 0 Å². The largest absolute Gasteiger partial charge is 0.310 e. The van der Waals surface area contributed by atoms with Crippen LogP contribution in [0.25, 0.3) is 43.4 Å². The van der Waals surface area contributed by atoms with Crippen molar-refractivity contribution in [2.45, 2.75) is 19.3 Å². The first-order chi connectivity index (χ1) is 27.9. The van der Waals surface area contributed by atoms with Crippen LogP contribution in [0.3, 0.4) is 0 Å². The SMILES string of the molecule is CC1(C)c2cc(N(c3ccc(C#N)cc3)c3cccc4ccccc34)ccc2-c2c1cc(N(c1ccc(C#N)cc1)c1cccc3ccccc13)c1ccccc21. The van der Waals surface area contributed by atoms with E-state index in [1.54, 1.807) is 0 Å². The molecule has 0 unspecified atom stereocenters. The third-order valence-corrected chi connectivity index (χ3v) is 11.7. The van der Waals surface area contributed by atoms with Gasteiger partial charge in [-0.1, -0.05) is 117 Å². The van der Waals surface area contributed by atoms with Gasteiger partial charge in [0, 0.05) is 38.6 Å². The average molecular weight is 729 g/mol. The molecule has 0 amide bonds. The molecule has 0 saturated carbocycles. The monoisotopic (exact) mass is 728 g/mol. The quantitative estimate of drug-likeness (QED) is 0.171. The zero-order chi connectivity index (χ0) is 38.7. The van der Waals surface area contributed by atoms with E-state index < -0.39 is 0 Å². The molecule has 0 aromatic heterocycles. The second-order valence-corrected chi connectivity index (χ2v) is 15.2. The summed E-state index contributed by atoms with van der Waals surface area (Å²) < 4.78 is 0. The minimum absolute atomic E-state index is 0.357. The van der Waals surface area contributed by atoms with Crippen molar-refractivity contribution >= 4 is 66.4 Å². The van der Waals surface area contributed by atoms with E-state index >= 15 is 0 Å². The number of hydrogen-bond donors (Lipinski definition) is 0. The second-order valence-electron chi connectivity index (χ2n) is 15.2. The topological polar surface area (TPSA) is 54.1 Å². The van der Waals surface area contributed by atoms with Crippen LogP contribution in [0.15, 0.2) is 182 Å². The van der Waals surface area contributed by atoms with E-state index in [0.717, 1.165) is 55.7 Å². The lowest BCUT2D eigenvalue weighted by Gasteiger charge is -2.31. The van der Waals surface area contributed by atoms with Crippen LogP contribution in [0.5, 0.6) is 0 Å². The van der Waals surface area contributed by atoms with Crippen molar-refractivity contribution in [1.82, 2.24) is 0 Å². The standard InChI is InChI=1S/C53H36N4/c1-53(2)47-31-41(56(39-25-21-35(33-54)22-26-39)49-19-9-13-37-11-3-5-15-42(37)49)29-30-46(47)52-45-18-8-7-17-44(45)51(32-48(52)53)57(40-27-23-36(34-55)24-28-40)50-20-10-14-38-12-4-6-16-43(38)50/h3-32H,1-2H3. The summed E-state index contributed by atoms with van der Waals surface area (Å²) in [6.45, 7) is 4.68. The first-order valence-corrected chi connectivity index (χ1v) is 19.2. The third-order valence-electron chi connectivity index (χ3n) is 11.7. The molecular formula is C53H36N4. The van der Waals surface area contributed by atoms with Gasteiger partial charge in [0.1, 0.15) is 0 Å². The molecule has 9 aromatic carbocycles. The molecule has 10 rings (SSSR count).